The third-order valence-corrected chi connectivity index (χ3v) is 11.6. The van der Waals surface area contributed by atoms with Gasteiger partial charge in [-0.3, -0.25) is 19.2 Å². The number of nitrogens with one attached hydrogen (secondary N) is 1. The normalized spacial score (nSPS) is 13.4. The number of esters is 3. The summed E-state index contributed by atoms with van der Waals surface area (Å²) in [6.07, 6.45) is 33.5. The van der Waals surface area contributed by atoms with Crippen molar-refractivity contribution in [1.29, 1.82) is 0 Å². The molecule has 8 nitrogen and oxygen atoms in total. The number of hydrogen-bond donors (Lipinski definition) is 1. The maximum atomic E-state index is 13.7. The number of allylic oxidation sites excluding steroid dienone is 18. The summed E-state index contributed by atoms with van der Waals surface area (Å²) in [6.45, 7) is 29.3. The summed E-state index contributed by atoms with van der Waals surface area (Å²) < 4.78 is 17.0. The van der Waals surface area contributed by atoms with Gasteiger partial charge in [0, 0.05) is 31.2 Å². The monoisotopic (exact) mass is 944 g/mol. The van der Waals surface area contributed by atoms with E-state index in [2.05, 4.69) is 143 Å². The van der Waals surface area contributed by atoms with Crippen LogP contribution in [0.3, 0.4) is 0 Å². The van der Waals surface area contributed by atoms with E-state index in [4.69, 9.17) is 14.2 Å². The molecule has 0 rings (SSSR count). The Morgan fingerprint density at radius 2 is 0.706 bits per heavy atom. The second-order valence-electron chi connectivity index (χ2n) is 20.4. The van der Waals surface area contributed by atoms with E-state index in [1.54, 1.807) is 13.8 Å². The van der Waals surface area contributed by atoms with E-state index >= 15 is 0 Å². The molecule has 0 heterocycles. The molecule has 0 spiro atoms. The number of rotatable bonds is 36. The van der Waals surface area contributed by atoms with Crippen LogP contribution in [0.1, 0.15) is 219 Å². The zero-order valence-electron chi connectivity index (χ0n) is 45.7. The standard InChI is InChI=1S/C60H97NO7/c1-46(2)25-15-28-49(7)31-18-34-52(10)37-21-40-55(62)66-44-24-43-61-59(65)58(68-57(64)42-23-39-54(12)36-20-33-51(9)30-17-27-48(5)6)60(13,14)45-67-56(63)41-22-38-53(11)35-19-32-50(8)29-16-26-47(3)4/h25-27,31-33,37-39,58H,15-24,28-30,34-36,40-45H2,1-14H3,(H,61,65)/b49-31+,50-32+,51-33+,52-37+,53-38+,54-39+/t58-/m0/s1. The van der Waals surface area contributed by atoms with Gasteiger partial charge in [0.05, 0.1) is 6.61 Å². The zero-order chi connectivity index (χ0) is 51.3. The molecule has 0 saturated heterocycles. The fourth-order valence-corrected chi connectivity index (χ4v) is 7.13. The molecule has 68 heavy (non-hydrogen) atoms. The van der Waals surface area contributed by atoms with Crippen molar-refractivity contribution in [3.8, 4) is 0 Å². The first-order valence-electron chi connectivity index (χ1n) is 25.7. The Bertz CT molecular complexity index is 1800. The van der Waals surface area contributed by atoms with Crippen LogP contribution in [0.5, 0.6) is 0 Å². The van der Waals surface area contributed by atoms with E-state index in [-0.39, 0.29) is 44.5 Å². The van der Waals surface area contributed by atoms with E-state index < -0.39 is 23.4 Å². The molecular weight excluding hydrogens is 847 g/mol. The number of carbonyl (C=O) groups excluding carboxylic acids is 4. The highest BCUT2D eigenvalue weighted by atomic mass is 16.6. The summed E-state index contributed by atoms with van der Waals surface area (Å²) in [5.41, 5.74) is 10.9. The zero-order valence-corrected chi connectivity index (χ0v) is 45.7. The topological polar surface area (TPSA) is 108 Å². The first-order valence-corrected chi connectivity index (χ1v) is 25.7. The molecule has 0 aliphatic heterocycles. The molecule has 0 aromatic carbocycles. The van der Waals surface area contributed by atoms with E-state index in [0.29, 0.717) is 32.1 Å². The predicted molar refractivity (Wildman–Crippen MR) is 287 cm³/mol. The quantitative estimate of drug-likeness (QED) is 0.0288. The molecule has 1 N–H and O–H groups in total. The van der Waals surface area contributed by atoms with Gasteiger partial charge in [-0.2, -0.15) is 0 Å². The second kappa shape index (κ2) is 38.4. The van der Waals surface area contributed by atoms with Gasteiger partial charge in [-0.25, -0.2) is 0 Å². The second-order valence-corrected chi connectivity index (χ2v) is 20.4. The molecule has 0 unspecified atom stereocenters. The van der Waals surface area contributed by atoms with Crippen molar-refractivity contribution in [2.75, 3.05) is 19.8 Å². The molecule has 8 heteroatoms. The lowest BCUT2D eigenvalue weighted by atomic mass is 9.86. The number of ether oxygens (including phenoxy) is 3. The van der Waals surface area contributed by atoms with Crippen LogP contribution in [0.4, 0.5) is 0 Å². The molecule has 0 saturated carbocycles. The molecule has 1 amide bonds. The van der Waals surface area contributed by atoms with Crippen molar-refractivity contribution in [3.05, 3.63) is 105 Å². The molecule has 1 atom stereocenters. The van der Waals surface area contributed by atoms with E-state index in [0.717, 1.165) is 77.0 Å². The lowest BCUT2D eigenvalue weighted by Crippen LogP contribution is -2.49. The Labute approximate surface area is 416 Å². The molecule has 0 bridgehead atoms. The van der Waals surface area contributed by atoms with Crippen molar-refractivity contribution in [1.82, 2.24) is 5.32 Å². The molecular formula is C60H97NO7. The highest BCUT2D eigenvalue weighted by molar-refractivity contribution is 5.84. The first kappa shape index (κ1) is 63.5. The molecule has 384 valence electrons. The van der Waals surface area contributed by atoms with Crippen molar-refractivity contribution >= 4 is 23.8 Å². The van der Waals surface area contributed by atoms with Crippen LogP contribution >= 0.6 is 0 Å². The Kier molecular flexibility index (Phi) is 35.9. The van der Waals surface area contributed by atoms with Gasteiger partial charge in [-0.15, -0.1) is 0 Å². The average Bonchev–Trinajstić information content (AvgIpc) is 3.24. The van der Waals surface area contributed by atoms with Crippen LogP contribution in [0.2, 0.25) is 0 Å². The van der Waals surface area contributed by atoms with Crippen molar-refractivity contribution < 1.29 is 33.4 Å². The molecule has 0 aromatic rings. The number of hydrogen-bond acceptors (Lipinski definition) is 7. The van der Waals surface area contributed by atoms with Gasteiger partial charge in [0.1, 0.15) is 6.61 Å². The number of amides is 1. The third kappa shape index (κ3) is 37.5. The van der Waals surface area contributed by atoms with E-state index in [9.17, 15) is 19.2 Å². The summed E-state index contributed by atoms with van der Waals surface area (Å²) in [5, 5.41) is 2.87. The maximum Gasteiger partial charge on any atom is 0.306 e. The largest absolute Gasteiger partial charge is 0.466 e. The molecule has 0 radical (unpaired) electrons. The van der Waals surface area contributed by atoms with E-state index in [1.165, 1.54) is 50.2 Å². The molecule has 0 fully saturated rings. The lowest BCUT2D eigenvalue weighted by Gasteiger charge is -2.32. The summed E-state index contributed by atoms with van der Waals surface area (Å²) in [4.78, 5) is 52.3. The molecule has 0 aliphatic rings. The number of carbonyl (C=O) groups is 4. The van der Waals surface area contributed by atoms with E-state index in [1.807, 2.05) is 0 Å². The van der Waals surface area contributed by atoms with Crippen LogP contribution in [0.25, 0.3) is 0 Å². The summed E-state index contributed by atoms with van der Waals surface area (Å²) in [5.74, 6) is -1.64. The summed E-state index contributed by atoms with van der Waals surface area (Å²) >= 11 is 0. The minimum Gasteiger partial charge on any atom is -0.466 e. The van der Waals surface area contributed by atoms with Gasteiger partial charge >= 0.3 is 17.9 Å². The van der Waals surface area contributed by atoms with Gasteiger partial charge in [0.2, 0.25) is 0 Å². The highest BCUT2D eigenvalue weighted by Gasteiger charge is 2.39. The minimum atomic E-state index is -1.20. The van der Waals surface area contributed by atoms with Crippen LogP contribution in [-0.4, -0.2) is 49.7 Å². The van der Waals surface area contributed by atoms with Gasteiger partial charge in [-0.05, 0) is 186 Å². The predicted octanol–water partition coefficient (Wildman–Crippen LogP) is 16.1. The Balaban J connectivity index is 5.32. The van der Waals surface area contributed by atoms with Crippen molar-refractivity contribution in [3.63, 3.8) is 0 Å². The third-order valence-electron chi connectivity index (χ3n) is 11.6. The SMILES string of the molecule is CC(C)=CCC/C(C)=C/CC/C(C)=C/CCC(=O)OCCCNC(=O)[C@H](OC(=O)CC/C=C(\C)CC/C=C(\C)CCC=C(C)C)C(C)(C)COC(=O)CC/C=C(\C)CC/C=C(\C)CCC=C(C)C. The summed E-state index contributed by atoms with van der Waals surface area (Å²) in [6, 6.07) is 0. The Hall–Kier alpha value is -4.46. The van der Waals surface area contributed by atoms with Crippen LogP contribution in [-0.2, 0) is 33.4 Å². The average molecular weight is 944 g/mol. The van der Waals surface area contributed by atoms with Crippen molar-refractivity contribution in [2.45, 2.75) is 225 Å². The van der Waals surface area contributed by atoms with Gasteiger partial charge < -0.3 is 19.5 Å². The molecule has 0 aromatic heterocycles. The molecule has 0 aliphatic carbocycles. The van der Waals surface area contributed by atoms with Crippen LogP contribution in [0, 0.1) is 5.41 Å². The smallest absolute Gasteiger partial charge is 0.306 e. The van der Waals surface area contributed by atoms with Crippen molar-refractivity contribution in [2.24, 2.45) is 5.41 Å². The minimum absolute atomic E-state index is 0.102. The van der Waals surface area contributed by atoms with Crippen LogP contribution < -0.4 is 5.32 Å². The lowest BCUT2D eigenvalue weighted by molar-refractivity contribution is -0.168. The first-order chi connectivity index (χ1) is 32.1. The maximum absolute atomic E-state index is 13.7. The Morgan fingerprint density at radius 3 is 1.04 bits per heavy atom. The van der Waals surface area contributed by atoms with Crippen LogP contribution in [0.15, 0.2) is 105 Å². The van der Waals surface area contributed by atoms with Gasteiger partial charge in [0.15, 0.2) is 6.10 Å². The fourth-order valence-electron chi connectivity index (χ4n) is 7.13. The highest BCUT2D eigenvalue weighted by Crippen LogP contribution is 2.26. The Morgan fingerprint density at radius 1 is 0.412 bits per heavy atom. The summed E-state index contributed by atoms with van der Waals surface area (Å²) in [7, 11) is 0. The fraction of sp³-hybridized carbons (Fsp3) is 0.633. The van der Waals surface area contributed by atoms with Gasteiger partial charge in [0.25, 0.3) is 5.91 Å². The van der Waals surface area contributed by atoms with Gasteiger partial charge in [-0.1, -0.05) is 119 Å².